The lowest BCUT2D eigenvalue weighted by molar-refractivity contribution is -0.128. The van der Waals surface area contributed by atoms with Gasteiger partial charge < -0.3 is 20.3 Å². The van der Waals surface area contributed by atoms with Gasteiger partial charge in [0.15, 0.2) is 0 Å². The number of carbonyl (C=O) groups is 3. The number of nitrogens with one attached hydrogen (secondary N) is 2. The number of amides is 4. The molecule has 1 aromatic rings. The fourth-order valence-electron chi connectivity index (χ4n) is 2.78. The highest BCUT2D eigenvalue weighted by molar-refractivity contribution is 5.99. The van der Waals surface area contributed by atoms with Crippen molar-refractivity contribution in [2.24, 2.45) is 0 Å². The van der Waals surface area contributed by atoms with Crippen LogP contribution < -0.4 is 10.6 Å². The van der Waals surface area contributed by atoms with Crippen LogP contribution >= 0.6 is 0 Å². The second kappa shape index (κ2) is 6.77. The minimum absolute atomic E-state index is 0.265. The molecule has 0 unspecified atom stereocenters. The van der Waals surface area contributed by atoms with Crippen molar-refractivity contribution in [2.75, 3.05) is 31.6 Å². The normalized spacial score (nSPS) is 18.4. The maximum absolute atomic E-state index is 12.3. The van der Waals surface area contributed by atoms with E-state index in [-0.39, 0.29) is 18.0 Å². The van der Waals surface area contributed by atoms with Crippen molar-refractivity contribution in [3.05, 3.63) is 29.8 Å². The summed E-state index contributed by atoms with van der Waals surface area (Å²) in [5.41, 5.74) is 1.71. The molecule has 1 atom stereocenters. The Hall–Kier alpha value is -2.77. The van der Waals surface area contributed by atoms with Crippen molar-refractivity contribution in [1.29, 1.82) is 0 Å². The van der Waals surface area contributed by atoms with Crippen LogP contribution in [0.25, 0.3) is 0 Å². The molecule has 2 N–H and O–H groups in total. The first kappa shape index (κ1) is 16.1. The highest BCUT2D eigenvalue weighted by Crippen LogP contribution is 2.16. The molecule has 0 aromatic heterocycles. The number of imide groups is 1. The number of nitrogens with zero attached hydrogens (tertiary/aromatic N) is 2. The lowest BCUT2D eigenvalue weighted by atomic mass is 10.1. The molecular formula is C16H20N4O4. The average molecular weight is 332 g/mol. The van der Waals surface area contributed by atoms with Gasteiger partial charge in [-0.05, 0) is 24.6 Å². The molecule has 2 saturated heterocycles. The molecule has 0 spiro atoms. The first-order valence-corrected chi connectivity index (χ1v) is 7.91. The molecule has 8 heteroatoms. The highest BCUT2D eigenvalue weighted by Gasteiger charge is 2.29. The second-order valence-corrected chi connectivity index (χ2v) is 5.82. The molecule has 0 radical (unpaired) electrons. The molecule has 2 fully saturated rings. The van der Waals surface area contributed by atoms with Gasteiger partial charge in [-0.2, -0.15) is 0 Å². The van der Waals surface area contributed by atoms with E-state index >= 15 is 0 Å². The Kier molecular flexibility index (Phi) is 4.54. The maximum Gasteiger partial charge on any atom is 0.410 e. The van der Waals surface area contributed by atoms with Crippen LogP contribution in [0.2, 0.25) is 0 Å². The van der Waals surface area contributed by atoms with Crippen LogP contribution in [0.5, 0.6) is 0 Å². The molecule has 2 heterocycles. The molecule has 128 valence electrons. The quantitative estimate of drug-likeness (QED) is 0.839. The van der Waals surface area contributed by atoms with Gasteiger partial charge in [-0.3, -0.25) is 9.69 Å². The number of benzene rings is 1. The van der Waals surface area contributed by atoms with E-state index in [0.717, 1.165) is 11.3 Å². The number of hydrogen-bond donors (Lipinski definition) is 2. The predicted octanol–water partition coefficient (Wildman–Crippen LogP) is 0.991. The number of anilines is 1. The number of rotatable bonds is 5. The molecule has 3 rings (SSSR count). The van der Waals surface area contributed by atoms with E-state index < -0.39 is 6.04 Å². The van der Waals surface area contributed by atoms with Crippen molar-refractivity contribution < 1.29 is 19.1 Å². The zero-order valence-corrected chi connectivity index (χ0v) is 13.4. The SMILES string of the molecule is C[C@@H](Nc1cccc(CN2CCOC2=O)c1)C(=O)N1CCNC1=O. The third kappa shape index (κ3) is 3.42. The van der Waals surface area contributed by atoms with Crippen LogP contribution in [-0.4, -0.2) is 60.1 Å². The van der Waals surface area contributed by atoms with Crippen molar-refractivity contribution in [2.45, 2.75) is 19.5 Å². The summed E-state index contributed by atoms with van der Waals surface area (Å²) in [7, 11) is 0. The summed E-state index contributed by atoms with van der Waals surface area (Å²) in [5, 5.41) is 5.72. The molecule has 2 aliphatic rings. The summed E-state index contributed by atoms with van der Waals surface area (Å²) < 4.78 is 4.91. The zero-order valence-electron chi connectivity index (χ0n) is 13.4. The van der Waals surface area contributed by atoms with Crippen molar-refractivity contribution >= 4 is 23.7 Å². The van der Waals surface area contributed by atoms with Crippen molar-refractivity contribution in [3.63, 3.8) is 0 Å². The second-order valence-electron chi connectivity index (χ2n) is 5.82. The van der Waals surface area contributed by atoms with Crippen molar-refractivity contribution in [3.8, 4) is 0 Å². The Bertz CT molecular complexity index is 663. The zero-order chi connectivity index (χ0) is 17.1. The van der Waals surface area contributed by atoms with Crippen LogP contribution in [0.3, 0.4) is 0 Å². The molecule has 4 amide bonds. The monoisotopic (exact) mass is 332 g/mol. The van der Waals surface area contributed by atoms with Gasteiger partial charge in [0.25, 0.3) is 5.91 Å². The largest absolute Gasteiger partial charge is 0.448 e. The molecule has 0 saturated carbocycles. The number of hydrogen-bond acceptors (Lipinski definition) is 5. The minimum atomic E-state index is -0.527. The van der Waals surface area contributed by atoms with E-state index in [0.29, 0.717) is 32.8 Å². The molecule has 2 aliphatic heterocycles. The average Bonchev–Trinajstić information content (AvgIpc) is 3.16. The smallest absolute Gasteiger partial charge is 0.410 e. The van der Waals surface area contributed by atoms with Gasteiger partial charge in [-0.25, -0.2) is 9.59 Å². The summed E-state index contributed by atoms with van der Waals surface area (Å²) in [4.78, 5) is 38.2. The molecule has 8 nitrogen and oxygen atoms in total. The van der Waals surface area contributed by atoms with E-state index in [1.807, 2.05) is 24.3 Å². The van der Waals surface area contributed by atoms with E-state index in [1.165, 1.54) is 4.90 Å². The van der Waals surface area contributed by atoms with Gasteiger partial charge in [-0.15, -0.1) is 0 Å². The Morgan fingerprint density at radius 2 is 2.21 bits per heavy atom. The standard InChI is InChI=1S/C16H20N4O4/c1-11(14(21)20-6-5-17-15(20)22)18-13-4-2-3-12(9-13)10-19-7-8-24-16(19)23/h2-4,9,11,18H,5-8,10H2,1H3,(H,17,22)/t11-/m1/s1. The fraction of sp³-hybridized carbons (Fsp3) is 0.438. The van der Waals surface area contributed by atoms with Gasteiger partial charge >= 0.3 is 12.1 Å². The fourth-order valence-corrected chi connectivity index (χ4v) is 2.78. The van der Waals surface area contributed by atoms with Gasteiger partial charge in [0.05, 0.1) is 6.54 Å². The first-order chi connectivity index (χ1) is 11.5. The minimum Gasteiger partial charge on any atom is -0.448 e. The summed E-state index contributed by atoms with van der Waals surface area (Å²) in [6, 6.07) is 6.63. The summed E-state index contributed by atoms with van der Waals surface area (Å²) in [6.07, 6.45) is -0.308. The maximum atomic E-state index is 12.3. The molecular weight excluding hydrogens is 312 g/mol. The van der Waals surface area contributed by atoms with Crippen LogP contribution in [0.15, 0.2) is 24.3 Å². The first-order valence-electron chi connectivity index (χ1n) is 7.91. The lowest BCUT2D eigenvalue weighted by Crippen LogP contribution is -2.43. The third-order valence-corrected chi connectivity index (χ3v) is 4.02. The molecule has 0 bridgehead atoms. The molecule has 0 aliphatic carbocycles. The molecule has 24 heavy (non-hydrogen) atoms. The van der Waals surface area contributed by atoms with Gasteiger partial charge in [-0.1, -0.05) is 12.1 Å². The van der Waals surface area contributed by atoms with Gasteiger partial charge in [0.1, 0.15) is 12.6 Å². The topological polar surface area (TPSA) is 91.0 Å². The summed E-state index contributed by atoms with van der Waals surface area (Å²) in [6.45, 7) is 4.05. The number of carbonyl (C=O) groups excluding carboxylic acids is 3. The van der Waals surface area contributed by atoms with E-state index in [1.54, 1.807) is 11.8 Å². The molecule has 1 aromatic carbocycles. The van der Waals surface area contributed by atoms with Crippen LogP contribution in [-0.2, 0) is 16.1 Å². The number of urea groups is 1. The van der Waals surface area contributed by atoms with Crippen LogP contribution in [0.4, 0.5) is 15.3 Å². The van der Waals surface area contributed by atoms with E-state index in [9.17, 15) is 14.4 Å². The number of ether oxygens (including phenoxy) is 1. The van der Waals surface area contributed by atoms with E-state index in [4.69, 9.17) is 4.74 Å². The predicted molar refractivity (Wildman–Crippen MR) is 86.4 cm³/mol. The van der Waals surface area contributed by atoms with Gasteiger partial charge in [0, 0.05) is 25.3 Å². The van der Waals surface area contributed by atoms with Crippen LogP contribution in [0.1, 0.15) is 12.5 Å². The van der Waals surface area contributed by atoms with Crippen LogP contribution in [0, 0.1) is 0 Å². The summed E-state index contributed by atoms with van der Waals surface area (Å²) in [5.74, 6) is -0.265. The Labute approximate surface area is 139 Å². The Morgan fingerprint density at radius 1 is 1.38 bits per heavy atom. The Morgan fingerprint density at radius 3 is 2.88 bits per heavy atom. The number of cyclic esters (lactones) is 1. The third-order valence-electron chi connectivity index (χ3n) is 4.02. The van der Waals surface area contributed by atoms with Gasteiger partial charge in [0.2, 0.25) is 0 Å². The lowest BCUT2D eigenvalue weighted by Gasteiger charge is -2.20. The highest BCUT2D eigenvalue weighted by atomic mass is 16.6. The van der Waals surface area contributed by atoms with Crippen molar-refractivity contribution in [1.82, 2.24) is 15.1 Å². The van der Waals surface area contributed by atoms with E-state index in [2.05, 4.69) is 10.6 Å². The summed E-state index contributed by atoms with van der Waals surface area (Å²) >= 11 is 0. The Balaban J connectivity index is 1.62.